The number of nitriles is 1. The van der Waals surface area contributed by atoms with Gasteiger partial charge < -0.3 is 5.32 Å². The van der Waals surface area contributed by atoms with Gasteiger partial charge in [-0.25, -0.2) is 4.98 Å². The highest BCUT2D eigenvalue weighted by Gasteiger charge is 2.09. The van der Waals surface area contributed by atoms with Crippen molar-refractivity contribution in [1.29, 1.82) is 5.26 Å². The van der Waals surface area contributed by atoms with Gasteiger partial charge in [-0.1, -0.05) is 0 Å². The van der Waals surface area contributed by atoms with Crippen molar-refractivity contribution in [2.45, 2.75) is 6.92 Å². The number of hydrogen-bond acceptors (Lipinski definition) is 4. The second kappa shape index (κ2) is 4.76. The van der Waals surface area contributed by atoms with E-state index in [1.54, 1.807) is 6.07 Å². The number of rotatable bonds is 2. The topological polar surface area (TPSA) is 65.8 Å². The summed E-state index contributed by atoms with van der Waals surface area (Å²) in [6.07, 6.45) is 1.45. The van der Waals surface area contributed by atoms with Crippen LogP contribution < -0.4 is 5.32 Å². The molecular formula is C12H9N3OS. The van der Waals surface area contributed by atoms with Gasteiger partial charge in [0.15, 0.2) is 0 Å². The van der Waals surface area contributed by atoms with E-state index in [4.69, 9.17) is 5.26 Å². The van der Waals surface area contributed by atoms with Gasteiger partial charge in [0.1, 0.15) is 11.8 Å². The number of anilines is 1. The van der Waals surface area contributed by atoms with Crippen LogP contribution in [0.4, 0.5) is 5.00 Å². The minimum Gasteiger partial charge on any atom is -0.313 e. The highest BCUT2D eigenvalue weighted by molar-refractivity contribution is 7.14. The summed E-state index contributed by atoms with van der Waals surface area (Å²) < 4.78 is 0. The van der Waals surface area contributed by atoms with Crippen LogP contribution in [0.25, 0.3) is 0 Å². The van der Waals surface area contributed by atoms with E-state index in [0.29, 0.717) is 5.56 Å². The Morgan fingerprint density at radius 1 is 1.53 bits per heavy atom. The maximum absolute atomic E-state index is 11.9. The number of aryl methyl sites for hydroxylation is 1. The minimum atomic E-state index is -0.227. The highest BCUT2D eigenvalue weighted by atomic mass is 32.1. The van der Waals surface area contributed by atoms with E-state index in [9.17, 15) is 4.79 Å². The van der Waals surface area contributed by atoms with E-state index in [-0.39, 0.29) is 11.6 Å². The summed E-state index contributed by atoms with van der Waals surface area (Å²) in [4.78, 5) is 15.7. The summed E-state index contributed by atoms with van der Waals surface area (Å²) in [5, 5.41) is 14.2. The van der Waals surface area contributed by atoms with Gasteiger partial charge in [0.25, 0.3) is 5.91 Å². The summed E-state index contributed by atoms with van der Waals surface area (Å²) in [6.45, 7) is 1.93. The number of nitrogens with zero attached hydrogens (tertiary/aromatic N) is 2. The maximum Gasteiger partial charge on any atom is 0.256 e. The molecule has 0 saturated heterocycles. The monoisotopic (exact) mass is 243 g/mol. The third kappa shape index (κ3) is 2.49. The van der Waals surface area contributed by atoms with Crippen molar-refractivity contribution in [3.05, 3.63) is 46.6 Å². The van der Waals surface area contributed by atoms with Crippen molar-refractivity contribution in [3.63, 3.8) is 0 Å². The quantitative estimate of drug-likeness (QED) is 0.881. The molecule has 0 radical (unpaired) electrons. The molecule has 0 aromatic carbocycles. The number of amides is 1. The van der Waals surface area contributed by atoms with Crippen LogP contribution in [0, 0.1) is 18.3 Å². The highest BCUT2D eigenvalue weighted by Crippen LogP contribution is 2.22. The van der Waals surface area contributed by atoms with Crippen LogP contribution in [-0.4, -0.2) is 10.9 Å². The van der Waals surface area contributed by atoms with E-state index in [0.717, 1.165) is 10.6 Å². The number of carbonyl (C=O) groups is 1. The molecule has 2 aromatic rings. The fourth-order valence-electron chi connectivity index (χ4n) is 1.31. The van der Waals surface area contributed by atoms with Crippen LogP contribution in [0.3, 0.4) is 0 Å². The molecule has 5 heteroatoms. The lowest BCUT2D eigenvalue weighted by atomic mass is 10.2. The summed E-state index contributed by atoms with van der Waals surface area (Å²) >= 11 is 1.47. The molecule has 17 heavy (non-hydrogen) atoms. The minimum absolute atomic E-state index is 0.227. The van der Waals surface area contributed by atoms with Crippen molar-refractivity contribution >= 4 is 22.2 Å². The van der Waals surface area contributed by atoms with Gasteiger partial charge in [-0.2, -0.15) is 5.26 Å². The number of carbonyl (C=O) groups excluding carboxylic acids is 1. The molecule has 0 aliphatic heterocycles. The van der Waals surface area contributed by atoms with Gasteiger partial charge in [0.05, 0.1) is 5.00 Å². The van der Waals surface area contributed by atoms with Gasteiger partial charge in [-0.15, -0.1) is 11.3 Å². The average molecular weight is 243 g/mol. The first kappa shape index (κ1) is 11.3. The smallest absolute Gasteiger partial charge is 0.256 e. The Labute approximate surface area is 103 Å². The molecule has 2 aromatic heterocycles. The molecule has 0 bridgehead atoms. The zero-order valence-electron chi connectivity index (χ0n) is 9.10. The van der Waals surface area contributed by atoms with Crippen molar-refractivity contribution in [2.24, 2.45) is 0 Å². The molecule has 2 heterocycles. The molecule has 84 valence electrons. The van der Waals surface area contributed by atoms with Crippen LogP contribution in [0.5, 0.6) is 0 Å². The standard InChI is InChI=1S/C12H9N3OS/c1-8-3-5-17-12(8)15-11(16)9-2-4-14-10(6-9)7-13/h2-6H,1H3,(H,15,16). The fraction of sp³-hybridized carbons (Fsp3) is 0.0833. The molecule has 0 aliphatic rings. The molecule has 0 unspecified atom stereocenters. The van der Waals surface area contributed by atoms with E-state index in [2.05, 4.69) is 10.3 Å². The Morgan fingerprint density at radius 3 is 3.00 bits per heavy atom. The summed E-state index contributed by atoms with van der Waals surface area (Å²) in [6, 6.07) is 6.89. The molecule has 4 nitrogen and oxygen atoms in total. The number of thiophene rings is 1. The number of aromatic nitrogens is 1. The van der Waals surface area contributed by atoms with E-state index >= 15 is 0 Å². The first-order chi connectivity index (χ1) is 8.20. The molecule has 1 amide bonds. The Morgan fingerprint density at radius 2 is 2.35 bits per heavy atom. The Balaban J connectivity index is 2.21. The first-order valence-corrected chi connectivity index (χ1v) is 5.80. The molecule has 1 N–H and O–H groups in total. The van der Waals surface area contributed by atoms with Gasteiger partial charge in [-0.05, 0) is 36.1 Å². The molecule has 0 atom stereocenters. The average Bonchev–Trinajstić information content (AvgIpc) is 2.75. The molecule has 0 aliphatic carbocycles. The van der Waals surface area contributed by atoms with Crippen molar-refractivity contribution in [3.8, 4) is 6.07 Å². The van der Waals surface area contributed by atoms with Gasteiger partial charge >= 0.3 is 0 Å². The van der Waals surface area contributed by atoms with Gasteiger partial charge in [0, 0.05) is 11.8 Å². The van der Waals surface area contributed by atoms with Crippen LogP contribution in [-0.2, 0) is 0 Å². The second-order valence-electron chi connectivity index (χ2n) is 3.43. The zero-order chi connectivity index (χ0) is 12.3. The van der Waals surface area contributed by atoms with Crippen LogP contribution in [0.1, 0.15) is 21.6 Å². The third-order valence-electron chi connectivity index (χ3n) is 2.23. The summed E-state index contributed by atoms with van der Waals surface area (Å²) in [5.74, 6) is -0.227. The number of hydrogen-bond donors (Lipinski definition) is 1. The molecule has 0 saturated carbocycles. The summed E-state index contributed by atoms with van der Waals surface area (Å²) in [5.41, 5.74) is 1.70. The molecule has 0 fully saturated rings. The fourth-order valence-corrected chi connectivity index (χ4v) is 2.12. The lowest BCUT2D eigenvalue weighted by Crippen LogP contribution is -2.11. The van der Waals surface area contributed by atoms with Crippen molar-refractivity contribution in [1.82, 2.24) is 4.98 Å². The van der Waals surface area contributed by atoms with E-state index in [1.807, 2.05) is 24.4 Å². The van der Waals surface area contributed by atoms with E-state index < -0.39 is 0 Å². The zero-order valence-corrected chi connectivity index (χ0v) is 9.91. The predicted octanol–water partition coefficient (Wildman–Crippen LogP) is 2.58. The molecular weight excluding hydrogens is 234 g/mol. The Hall–Kier alpha value is -2.19. The molecule has 2 rings (SSSR count). The van der Waals surface area contributed by atoms with Gasteiger partial charge in [-0.3, -0.25) is 4.79 Å². The number of pyridine rings is 1. The summed E-state index contributed by atoms with van der Waals surface area (Å²) in [7, 11) is 0. The largest absolute Gasteiger partial charge is 0.313 e. The van der Waals surface area contributed by atoms with Crippen LogP contribution >= 0.6 is 11.3 Å². The lowest BCUT2D eigenvalue weighted by Gasteiger charge is -2.03. The first-order valence-electron chi connectivity index (χ1n) is 4.92. The third-order valence-corrected chi connectivity index (χ3v) is 3.16. The van der Waals surface area contributed by atoms with Crippen LogP contribution in [0.15, 0.2) is 29.8 Å². The molecule has 0 spiro atoms. The second-order valence-corrected chi connectivity index (χ2v) is 4.34. The SMILES string of the molecule is Cc1ccsc1NC(=O)c1ccnc(C#N)c1. The van der Waals surface area contributed by atoms with E-state index in [1.165, 1.54) is 23.6 Å². The van der Waals surface area contributed by atoms with Gasteiger partial charge in [0.2, 0.25) is 0 Å². The van der Waals surface area contributed by atoms with Crippen molar-refractivity contribution in [2.75, 3.05) is 5.32 Å². The lowest BCUT2D eigenvalue weighted by molar-refractivity contribution is 0.102. The van der Waals surface area contributed by atoms with Crippen molar-refractivity contribution < 1.29 is 4.79 Å². The maximum atomic E-state index is 11.9. The Bertz CT molecular complexity index is 598. The normalized spacial score (nSPS) is 9.65. The Kier molecular flexibility index (Phi) is 3.17. The van der Waals surface area contributed by atoms with Crippen LogP contribution in [0.2, 0.25) is 0 Å². The predicted molar refractivity (Wildman–Crippen MR) is 66.0 cm³/mol. The number of nitrogens with one attached hydrogen (secondary N) is 1.